The van der Waals surface area contributed by atoms with Gasteiger partial charge in [0.2, 0.25) is 5.91 Å². The van der Waals surface area contributed by atoms with Gasteiger partial charge in [0.05, 0.1) is 24.2 Å². The van der Waals surface area contributed by atoms with Gasteiger partial charge in [-0.3, -0.25) is 19.2 Å². The van der Waals surface area contributed by atoms with E-state index in [0.717, 1.165) is 22.9 Å². The molecular formula is C29H25N5O4S2. The first kappa shape index (κ1) is 27.1. The second-order valence-corrected chi connectivity index (χ2v) is 10.4. The van der Waals surface area contributed by atoms with Gasteiger partial charge in [-0.1, -0.05) is 60.3 Å². The van der Waals surface area contributed by atoms with Gasteiger partial charge in [-0.2, -0.15) is 5.10 Å². The number of ether oxygens (including phenoxy) is 1. The van der Waals surface area contributed by atoms with Gasteiger partial charge in [-0.05, 0) is 30.7 Å². The Morgan fingerprint density at radius 2 is 1.82 bits per heavy atom. The number of para-hydroxylation sites is 1. The summed E-state index contributed by atoms with van der Waals surface area (Å²) in [5.41, 5.74) is 3.49. The number of nitrogens with zero attached hydrogens (tertiary/aromatic N) is 4. The first-order valence-electron chi connectivity index (χ1n) is 12.4. The Kier molecular flexibility index (Phi) is 8.23. The van der Waals surface area contributed by atoms with Crippen LogP contribution in [-0.4, -0.2) is 45.1 Å². The molecule has 0 saturated heterocycles. The number of nitrogens with one attached hydrogen (secondary N) is 1. The fourth-order valence-electron chi connectivity index (χ4n) is 4.05. The molecule has 9 nitrogen and oxygen atoms in total. The van der Waals surface area contributed by atoms with E-state index < -0.39 is 5.97 Å². The molecule has 0 aliphatic carbocycles. The van der Waals surface area contributed by atoms with Crippen LogP contribution in [0, 0.1) is 0 Å². The zero-order chi connectivity index (χ0) is 28.1. The third-order valence-corrected chi connectivity index (χ3v) is 7.65. The molecule has 0 radical (unpaired) electrons. The van der Waals surface area contributed by atoms with Gasteiger partial charge in [0.15, 0.2) is 5.17 Å². The van der Waals surface area contributed by atoms with E-state index >= 15 is 0 Å². The van der Waals surface area contributed by atoms with Crippen molar-refractivity contribution in [2.75, 3.05) is 22.6 Å². The van der Waals surface area contributed by atoms with Crippen LogP contribution < -0.4 is 10.2 Å². The summed E-state index contributed by atoms with van der Waals surface area (Å²) < 4.78 is 6.93. The number of thiophene rings is 1. The summed E-state index contributed by atoms with van der Waals surface area (Å²) in [6.45, 7) is 1.95. The number of aryl methyl sites for hydroxylation is 1. The van der Waals surface area contributed by atoms with Gasteiger partial charge in [-0.25, -0.2) is 9.79 Å². The van der Waals surface area contributed by atoms with Crippen LogP contribution in [0.1, 0.15) is 22.8 Å². The summed E-state index contributed by atoms with van der Waals surface area (Å²) in [6.07, 6.45) is 5.10. The molecule has 2 aromatic heterocycles. The van der Waals surface area contributed by atoms with E-state index in [0.29, 0.717) is 27.0 Å². The number of esters is 1. The number of rotatable bonds is 8. The Morgan fingerprint density at radius 1 is 1.10 bits per heavy atom. The molecule has 40 heavy (non-hydrogen) atoms. The second kappa shape index (κ2) is 12.1. The van der Waals surface area contributed by atoms with Gasteiger partial charge >= 0.3 is 5.97 Å². The second-order valence-electron chi connectivity index (χ2n) is 8.62. The molecule has 0 bridgehead atoms. The van der Waals surface area contributed by atoms with Crippen LogP contribution in [0.3, 0.4) is 0 Å². The van der Waals surface area contributed by atoms with E-state index in [4.69, 9.17) is 4.74 Å². The first-order valence-corrected chi connectivity index (χ1v) is 14.3. The van der Waals surface area contributed by atoms with Crippen molar-refractivity contribution in [1.29, 1.82) is 0 Å². The fraction of sp³-hybridized carbons (Fsp3) is 0.138. The molecule has 1 aliphatic rings. The number of amides is 2. The van der Waals surface area contributed by atoms with Crippen LogP contribution in [0.2, 0.25) is 0 Å². The van der Waals surface area contributed by atoms with E-state index in [9.17, 15) is 14.4 Å². The number of carbonyl (C=O) groups excluding carboxylic acids is 3. The molecule has 11 heteroatoms. The number of carbonyl (C=O) groups is 3. The minimum atomic E-state index is -0.503. The molecule has 0 spiro atoms. The topological polar surface area (TPSA) is 106 Å². The summed E-state index contributed by atoms with van der Waals surface area (Å²) in [5.74, 6) is -1.17. The van der Waals surface area contributed by atoms with Crippen molar-refractivity contribution in [3.8, 4) is 11.1 Å². The fourth-order valence-corrected chi connectivity index (χ4v) is 5.84. The van der Waals surface area contributed by atoms with Gasteiger partial charge < -0.3 is 10.1 Å². The van der Waals surface area contributed by atoms with Crippen molar-refractivity contribution in [1.82, 2.24) is 9.78 Å². The van der Waals surface area contributed by atoms with E-state index in [-0.39, 0.29) is 29.9 Å². The average Bonchev–Trinajstić information content (AvgIpc) is 3.66. The molecule has 3 heterocycles. The van der Waals surface area contributed by atoms with Crippen molar-refractivity contribution < 1.29 is 19.1 Å². The van der Waals surface area contributed by atoms with E-state index in [1.807, 2.05) is 66.0 Å². The standard InChI is InChI=1S/C29H25N5O4S2/c1-3-38-28(37)25-22(20-10-6-4-7-11-20)17-39-26(25)32-24(35)18-40-29-31-23(14-19-15-30-33(2)16-19)27(36)34(29)21-12-8-5-9-13-21/h4-17H,3,18H2,1-2H3,(H,32,35). The van der Waals surface area contributed by atoms with Crippen molar-refractivity contribution in [2.45, 2.75) is 6.92 Å². The number of benzene rings is 2. The zero-order valence-corrected chi connectivity index (χ0v) is 23.4. The Morgan fingerprint density at radius 3 is 2.50 bits per heavy atom. The van der Waals surface area contributed by atoms with Crippen LogP contribution in [0.15, 0.2) is 89.1 Å². The summed E-state index contributed by atoms with van der Waals surface area (Å²) in [4.78, 5) is 45.3. The number of anilines is 2. The summed E-state index contributed by atoms with van der Waals surface area (Å²) in [5, 5.41) is 9.61. The summed E-state index contributed by atoms with van der Waals surface area (Å²) in [7, 11) is 1.79. The molecule has 0 fully saturated rings. The van der Waals surface area contributed by atoms with E-state index in [1.54, 1.807) is 37.1 Å². The lowest BCUT2D eigenvalue weighted by molar-refractivity contribution is -0.114. The van der Waals surface area contributed by atoms with Gasteiger partial charge in [-0.15, -0.1) is 11.3 Å². The molecule has 0 unspecified atom stereocenters. The molecule has 1 N–H and O–H groups in total. The van der Waals surface area contributed by atoms with Crippen molar-refractivity contribution >= 4 is 62.8 Å². The van der Waals surface area contributed by atoms with Crippen LogP contribution in [0.4, 0.5) is 10.7 Å². The largest absolute Gasteiger partial charge is 0.462 e. The number of thioether (sulfide) groups is 1. The quantitative estimate of drug-likeness (QED) is 0.223. The van der Waals surface area contributed by atoms with Crippen LogP contribution in [0.25, 0.3) is 17.2 Å². The normalized spacial score (nSPS) is 13.9. The number of amidine groups is 1. The molecule has 0 atom stereocenters. The number of aliphatic imine (C=N–C) groups is 1. The zero-order valence-electron chi connectivity index (χ0n) is 21.7. The molecule has 5 rings (SSSR count). The minimum absolute atomic E-state index is 0.0313. The lowest BCUT2D eigenvalue weighted by atomic mass is 10.0. The highest BCUT2D eigenvalue weighted by atomic mass is 32.2. The average molecular weight is 572 g/mol. The Labute approximate surface area is 239 Å². The predicted molar refractivity (Wildman–Crippen MR) is 159 cm³/mol. The van der Waals surface area contributed by atoms with Gasteiger partial charge in [0, 0.05) is 29.8 Å². The maximum atomic E-state index is 13.3. The molecule has 4 aromatic rings. The van der Waals surface area contributed by atoms with Crippen LogP contribution in [0.5, 0.6) is 0 Å². The monoisotopic (exact) mass is 571 g/mol. The van der Waals surface area contributed by atoms with E-state index in [1.165, 1.54) is 16.2 Å². The van der Waals surface area contributed by atoms with Gasteiger partial charge in [0.25, 0.3) is 5.91 Å². The maximum Gasteiger partial charge on any atom is 0.341 e. The van der Waals surface area contributed by atoms with Gasteiger partial charge in [0.1, 0.15) is 16.3 Å². The molecule has 2 aromatic carbocycles. The first-order chi connectivity index (χ1) is 19.4. The van der Waals surface area contributed by atoms with Crippen LogP contribution in [-0.2, 0) is 21.4 Å². The SMILES string of the molecule is CCOC(=O)c1c(-c2ccccc2)csc1NC(=O)CSC1=NC(=Cc2cnn(C)c2)C(=O)N1c1ccccc1. The minimum Gasteiger partial charge on any atom is -0.462 e. The van der Waals surface area contributed by atoms with E-state index in [2.05, 4.69) is 15.4 Å². The highest BCUT2D eigenvalue weighted by molar-refractivity contribution is 8.14. The molecule has 1 aliphatic heterocycles. The predicted octanol–water partition coefficient (Wildman–Crippen LogP) is 5.44. The Hall–Kier alpha value is -4.48. The number of aromatic nitrogens is 2. The third-order valence-electron chi connectivity index (χ3n) is 5.81. The highest BCUT2D eigenvalue weighted by Gasteiger charge is 2.32. The lowest BCUT2D eigenvalue weighted by Gasteiger charge is -2.17. The lowest BCUT2D eigenvalue weighted by Crippen LogP contribution is -2.31. The van der Waals surface area contributed by atoms with Crippen molar-refractivity contribution in [2.24, 2.45) is 12.0 Å². The number of hydrogen-bond acceptors (Lipinski definition) is 8. The maximum absolute atomic E-state index is 13.3. The third kappa shape index (κ3) is 5.90. The molecule has 2 amide bonds. The Bertz CT molecular complexity index is 1610. The summed E-state index contributed by atoms with van der Waals surface area (Å²) >= 11 is 2.39. The Balaban J connectivity index is 1.37. The van der Waals surface area contributed by atoms with Crippen molar-refractivity contribution in [3.05, 3.63) is 95.3 Å². The molecule has 0 saturated carbocycles. The molecular weight excluding hydrogens is 546 g/mol. The highest BCUT2D eigenvalue weighted by Crippen LogP contribution is 2.36. The van der Waals surface area contributed by atoms with Crippen LogP contribution >= 0.6 is 23.1 Å². The van der Waals surface area contributed by atoms with Crippen molar-refractivity contribution in [3.63, 3.8) is 0 Å². The smallest absolute Gasteiger partial charge is 0.341 e. The number of hydrogen-bond donors (Lipinski definition) is 1. The summed E-state index contributed by atoms with van der Waals surface area (Å²) in [6, 6.07) is 18.6. The molecule has 202 valence electrons.